The molecule has 0 aliphatic rings. The maximum absolute atomic E-state index is 11.5. The second-order valence-electron chi connectivity index (χ2n) is 4.50. The van der Waals surface area contributed by atoms with Crippen LogP contribution >= 0.6 is 0 Å². The molecule has 0 spiro atoms. The highest BCUT2D eigenvalue weighted by Gasteiger charge is 2.13. The Labute approximate surface area is 114 Å². The molecule has 2 aromatic carbocycles. The predicted molar refractivity (Wildman–Crippen MR) is 76.4 cm³/mol. The Hall–Kier alpha value is -1.65. The SMILES string of the molecule is CCc1cccc(Cc2ccccc2S(N)(=O)=O)c1. The molecule has 3 nitrogen and oxygen atoms in total. The summed E-state index contributed by atoms with van der Waals surface area (Å²) in [5.41, 5.74) is 3.07. The normalized spacial score (nSPS) is 11.5. The molecule has 0 unspecified atom stereocenters. The smallest absolute Gasteiger partial charge is 0.225 e. The summed E-state index contributed by atoms with van der Waals surface area (Å²) in [6, 6.07) is 15.0. The van der Waals surface area contributed by atoms with E-state index in [0.717, 1.165) is 17.5 Å². The van der Waals surface area contributed by atoms with E-state index in [4.69, 9.17) is 5.14 Å². The van der Waals surface area contributed by atoms with Crippen LogP contribution in [0.3, 0.4) is 0 Å². The average Bonchev–Trinajstić information content (AvgIpc) is 2.38. The van der Waals surface area contributed by atoms with E-state index in [0.29, 0.717) is 6.42 Å². The van der Waals surface area contributed by atoms with Gasteiger partial charge in [-0.1, -0.05) is 49.4 Å². The molecule has 2 aromatic rings. The van der Waals surface area contributed by atoms with Crippen LogP contribution in [0, 0.1) is 0 Å². The van der Waals surface area contributed by atoms with E-state index in [1.807, 2.05) is 18.2 Å². The summed E-state index contributed by atoms with van der Waals surface area (Å²) >= 11 is 0. The largest absolute Gasteiger partial charge is 0.238 e. The zero-order chi connectivity index (χ0) is 13.9. The number of hydrogen-bond acceptors (Lipinski definition) is 2. The Morgan fingerprint density at radius 2 is 1.68 bits per heavy atom. The van der Waals surface area contributed by atoms with Crippen molar-refractivity contribution in [1.29, 1.82) is 0 Å². The van der Waals surface area contributed by atoms with Crippen molar-refractivity contribution in [2.75, 3.05) is 0 Å². The first-order valence-corrected chi connectivity index (χ1v) is 7.74. The summed E-state index contributed by atoms with van der Waals surface area (Å²) < 4.78 is 23.1. The quantitative estimate of drug-likeness (QED) is 0.932. The third-order valence-electron chi connectivity index (χ3n) is 3.07. The number of rotatable bonds is 4. The van der Waals surface area contributed by atoms with Crippen molar-refractivity contribution in [3.8, 4) is 0 Å². The first-order valence-electron chi connectivity index (χ1n) is 6.19. The van der Waals surface area contributed by atoms with Crippen molar-refractivity contribution in [3.63, 3.8) is 0 Å². The van der Waals surface area contributed by atoms with Crippen molar-refractivity contribution in [1.82, 2.24) is 0 Å². The zero-order valence-corrected chi connectivity index (χ0v) is 11.7. The maximum atomic E-state index is 11.5. The number of sulfonamides is 1. The Balaban J connectivity index is 2.38. The minimum absolute atomic E-state index is 0.205. The van der Waals surface area contributed by atoms with Gasteiger partial charge < -0.3 is 0 Å². The minimum atomic E-state index is -3.67. The molecule has 0 fully saturated rings. The van der Waals surface area contributed by atoms with Crippen LogP contribution in [0.25, 0.3) is 0 Å². The van der Waals surface area contributed by atoms with Gasteiger partial charge in [0.15, 0.2) is 0 Å². The summed E-state index contributed by atoms with van der Waals surface area (Å²) in [6.45, 7) is 2.09. The minimum Gasteiger partial charge on any atom is -0.225 e. The number of benzene rings is 2. The van der Waals surface area contributed by atoms with E-state index in [1.165, 1.54) is 5.56 Å². The first-order chi connectivity index (χ1) is 9.00. The Morgan fingerprint density at radius 1 is 1.00 bits per heavy atom. The zero-order valence-electron chi connectivity index (χ0n) is 10.8. The number of aryl methyl sites for hydroxylation is 1. The van der Waals surface area contributed by atoms with Crippen LogP contribution < -0.4 is 5.14 Å². The highest BCUT2D eigenvalue weighted by molar-refractivity contribution is 7.89. The molecule has 0 aromatic heterocycles. The van der Waals surface area contributed by atoms with E-state index >= 15 is 0 Å². The summed E-state index contributed by atoms with van der Waals surface area (Å²) in [7, 11) is -3.67. The third kappa shape index (κ3) is 3.43. The number of primary sulfonamides is 1. The monoisotopic (exact) mass is 275 g/mol. The molecule has 0 radical (unpaired) electrons. The van der Waals surface area contributed by atoms with Crippen LogP contribution in [-0.4, -0.2) is 8.42 Å². The molecule has 19 heavy (non-hydrogen) atoms. The van der Waals surface area contributed by atoms with Gasteiger partial charge in [-0.2, -0.15) is 0 Å². The van der Waals surface area contributed by atoms with E-state index in [-0.39, 0.29) is 4.90 Å². The summed E-state index contributed by atoms with van der Waals surface area (Å²) in [5, 5.41) is 5.24. The van der Waals surface area contributed by atoms with Gasteiger partial charge in [0.2, 0.25) is 10.0 Å². The van der Waals surface area contributed by atoms with Crippen LogP contribution in [0.1, 0.15) is 23.6 Å². The molecule has 4 heteroatoms. The van der Waals surface area contributed by atoms with Crippen LogP contribution in [0.5, 0.6) is 0 Å². The average molecular weight is 275 g/mol. The molecule has 0 aliphatic carbocycles. The fourth-order valence-electron chi connectivity index (χ4n) is 2.11. The lowest BCUT2D eigenvalue weighted by Gasteiger charge is -2.08. The molecule has 2 rings (SSSR count). The summed E-state index contributed by atoms with van der Waals surface area (Å²) in [6.07, 6.45) is 1.53. The molecule has 100 valence electrons. The Morgan fingerprint density at radius 3 is 2.37 bits per heavy atom. The molecule has 0 aliphatic heterocycles. The lowest BCUT2D eigenvalue weighted by Crippen LogP contribution is -2.14. The number of hydrogen-bond donors (Lipinski definition) is 1. The van der Waals surface area contributed by atoms with Crippen molar-refractivity contribution < 1.29 is 8.42 Å². The van der Waals surface area contributed by atoms with Crippen molar-refractivity contribution in [2.24, 2.45) is 5.14 Å². The fraction of sp³-hybridized carbons (Fsp3) is 0.200. The van der Waals surface area contributed by atoms with Gasteiger partial charge >= 0.3 is 0 Å². The van der Waals surface area contributed by atoms with E-state index in [1.54, 1.807) is 18.2 Å². The molecule has 0 saturated carbocycles. The van der Waals surface area contributed by atoms with Crippen LogP contribution in [0.4, 0.5) is 0 Å². The standard InChI is InChI=1S/C15H17NO2S/c1-2-12-6-5-7-13(10-12)11-14-8-3-4-9-15(14)19(16,17)18/h3-10H,2,11H2,1H3,(H2,16,17,18). The predicted octanol–water partition coefficient (Wildman–Crippen LogP) is 2.49. The van der Waals surface area contributed by atoms with E-state index in [9.17, 15) is 8.42 Å². The highest BCUT2D eigenvalue weighted by atomic mass is 32.2. The summed E-state index contributed by atoms with van der Waals surface area (Å²) in [5.74, 6) is 0. The van der Waals surface area contributed by atoms with Crippen LogP contribution in [-0.2, 0) is 22.9 Å². The Bertz CT molecular complexity index is 678. The molecule has 0 amide bonds. The van der Waals surface area contributed by atoms with Gasteiger partial charge in [0.1, 0.15) is 0 Å². The lowest BCUT2D eigenvalue weighted by atomic mass is 10.0. The number of nitrogens with two attached hydrogens (primary N) is 1. The fourth-order valence-corrected chi connectivity index (χ4v) is 2.88. The second-order valence-corrected chi connectivity index (χ2v) is 6.03. The van der Waals surface area contributed by atoms with E-state index < -0.39 is 10.0 Å². The molecule has 0 heterocycles. The van der Waals surface area contributed by atoms with Gasteiger partial charge in [-0.3, -0.25) is 0 Å². The van der Waals surface area contributed by atoms with Gasteiger partial charge in [-0.05, 0) is 35.6 Å². The van der Waals surface area contributed by atoms with Gasteiger partial charge in [-0.25, -0.2) is 13.6 Å². The van der Waals surface area contributed by atoms with Crippen molar-refractivity contribution in [3.05, 3.63) is 65.2 Å². The highest BCUT2D eigenvalue weighted by Crippen LogP contribution is 2.18. The van der Waals surface area contributed by atoms with Gasteiger partial charge in [0.25, 0.3) is 0 Å². The first kappa shape index (κ1) is 13.8. The Kier molecular flexibility index (Phi) is 4.02. The second kappa shape index (κ2) is 5.55. The topological polar surface area (TPSA) is 60.2 Å². The molecule has 0 saturated heterocycles. The van der Waals surface area contributed by atoms with Gasteiger partial charge in [-0.15, -0.1) is 0 Å². The van der Waals surface area contributed by atoms with Gasteiger partial charge in [0.05, 0.1) is 4.90 Å². The molecule has 0 atom stereocenters. The van der Waals surface area contributed by atoms with E-state index in [2.05, 4.69) is 19.1 Å². The molecule has 2 N–H and O–H groups in total. The van der Waals surface area contributed by atoms with Crippen molar-refractivity contribution >= 4 is 10.0 Å². The van der Waals surface area contributed by atoms with Crippen LogP contribution in [0.2, 0.25) is 0 Å². The van der Waals surface area contributed by atoms with Crippen molar-refractivity contribution in [2.45, 2.75) is 24.7 Å². The lowest BCUT2D eigenvalue weighted by molar-refractivity contribution is 0.597. The third-order valence-corrected chi connectivity index (χ3v) is 4.08. The molecular formula is C15H17NO2S. The maximum Gasteiger partial charge on any atom is 0.238 e. The van der Waals surface area contributed by atoms with Gasteiger partial charge in [0, 0.05) is 0 Å². The molecular weight excluding hydrogens is 258 g/mol. The summed E-state index contributed by atoms with van der Waals surface area (Å²) in [4.78, 5) is 0.205. The molecule has 0 bridgehead atoms. The van der Waals surface area contributed by atoms with Crippen LogP contribution in [0.15, 0.2) is 53.4 Å².